The number of hydrogen-bond donors (Lipinski definition) is 2. The number of hydrogen-bond acceptors (Lipinski definition) is 6. The van der Waals surface area contributed by atoms with Gasteiger partial charge in [0.2, 0.25) is 5.91 Å². The fourth-order valence-corrected chi connectivity index (χ4v) is 6.26. The van der Waals surface area contributed by atoms with Gasteiger partial charge in [-0.25, -0.2) is 0 Å². The molecule has 1 fully saturated rings. The summed E-state index contributed by atoms with van der Waals surface area (Å²) in [5, 5.41) is 12.6. The first-order chi connectivity index (χ1) is 20.4. The van der Waals surface area contributed by atoms with Gasteiger partial charge in [-0.1, -0.05) is 53.7 Å². The van der Waals surface area contributed by atoms with Gasteiger partial charge >= 0.3 is 0 Å². The van der Waals surface area contributed by atoms with Crippen LogP contribution >= 0.6 is 23.4 Å². The number of amides is 1. The van der Waals surface area contributed by atoms with E-state index in [1.165, 1.54) is 22.0 Å². The largest absolute Gasteiger partial charge is 0.497 e. The van der Waals surface area contributed by atoms with Crippen LogP contribution in [0.5, 0.6) is 5.75 Å². The first kappa shape index (κ1) is 29.9. The van der Waals surface area contributed by atoms with Crippen molar-refractivity contribution in [3.05, 3.63) is 111 Å². The molecule has 0 saturated carbocycles. The minimum atomic E-state index is -0.181. The van der Waals surface area contributed by atoms with Gasteiger partial charge in [0.25, 0.3) is 5.56 Å². The van der Waals surface area contributed by atoms with E-state index < -0.39 is 0 Å². The summed E-state index contributed by atoms with van der Waals surface area (Å²) in [5.41, 5.74) is 2.31. The van der Waals surface area contributed by atoms with Gasteiger partial charge in [0, 0.05) is 28.1 Å². The lowest BCUT2D eigenvalue weighted by molar-refractivity contribution is -0.126. The fraction of sp³-hybridized carbons (Fsp3) is 0.303. The van der Waals surface area contributed by atoms with Gasteiger partial charge in [-0.15, -0.1) is 0 Å². The van der Waals surface area contributed by atoms with Crippen LogP contribution in [0.2, 0.25) is 5.02 Å². The Balaban J connectivity index is 1.33. The molecule has 2 heterocycles. The lowest BCUT2D eigenvalue weighted by atomic mass is 9.80. The molecule has 1 aliphatic rings. The van der Waals surface area contributed by atoms with Crippen molar-refractivity contribution in [3.63, 3.8) is 0 Å². The maximum atomic E-state index is 13.6. The molecule has 1 amide bonds. The smallest absolute Gasteiger partial charge is 0.274 e. The van der Waals surface area contributed by atoms with Crippen LogP contribution in [0.25, 0.3) is 5.69 Å². The number of methoxy groups -OCH3 is 1. The van der Waals surface area contributed by atoms with Gasteiger partial charge < -0.3 is 15.4 Å². The Morgan fingerprint density at radius 2 is 1.86 bits per heavy atom. The Morgan fingerprint density at radius 3 is 2.57 bits per heavy atom. The Bertz CT molecular complexity index is 1540. The third-order valence-electron chi connectivity index (χ3n) is 7.60. The highest BCUT2D eigenvalue weighted by Crippen LogP contribution is 2.31. The van der Waals surface area contributed by atoms with Crippen molar-refractivity contribution in [2.24, 2.45) is 5.92 Å². The van der Waals surface area contributed by atoms with Gasteiger partial charge in [0.15, 0.2) is 0 Å². The second-order valence-electron chi connectivity index (χ2n) is 10.5. The molecule has 1 aromatic heterocycles. The van der Waals surface area contributed by atoms with Crippen LogP contribution in [-0.2, 0) is 11.2 Å². The molecule has 0 spiro atoms. The van der Waals surface area contributed by atoms with E-state index in [1.54, 1.807) is 7.11 Å². The Labute approximate surface area is 255 Å². The average Bonchev–Trinajstić information content (AvgIpc) is 3.02. The zero-order valence-electron chi connectivity index (χ0n) is 23.8. The third kappa shape index (κ3) is 7.43. The van der Waals surface area contributed by atoms with Crippen molar-refractivity contribution >= 4 is 29.3 Å². The van der Waals surface area contributed by atoms with Gasteiger partial charge in [-0.2, -0.15) is 9.78 Å². The Morgan fingerprint density at radius 1 is 1.12 bits per heavy atom. The van der Waals surface area contributed by atoms with E-state index >= 15 is 0 Å². The highest BCUT2D eigenvalue weighted by atomic mass is 35.5. The van der Waals surface area contributed by atoms with E-state index in [0.717, 1.165) is 17.9 Å². The van der Waals surface area contributed by atoms with Crippen molar-refractivity contribution in [3.8, 4) is 11.4 Å². The number of rotatable bonds is 10. The number of aryl methyl sites for hydroxylation is 1. The van der Waals surface area contributed by atoms with Crippen LogP contribution in [0.4, 0.5) is 0 Å². The molecule has 2 N–H and O–H groups in total. The lowest BCUT2D eigenvalue weighted by Crippen LogP contribution is -2.47. The number of ether oxygens (including phenoxy) is 1. The van der Waals surface area contributed by atoms with Crippen molar-refractivity contribution in [2.75, 3.05) is 20.2 Å². The summed E-state index contributed by atoms with van der Waals surface area (Å²) in [6.07, 6.45) is 2.04. The number of benzene rings is 3. The number of nitrogens with one attached hydrogen (secondary N) is 2. The number of piperidine rings is 1. The molecule has 3 atom stereocenters. The normalized spacial score (nSPS) is 17.4. The molecule has 218 valence electrons. The first-order valence-corrected chi connectivity index (χ1v) is 15.4. The third-order valence-corrected chi connectivity index (χ3v) is 8.77. The zero-order chi connectivity index (χ0) is 29.5. The van der Waals surface area contributed by atoms with E-state index in [4.69, 9.17) is 16.3 Å². The highest BCUT2D eigenvalue weighted by Gasteiger charge is 2.32. The minimum Gasteiger partial charge on any atom is -0.497 e. The maximum Gasteiger partial charge on any atom is 0.274 e. The molecule has 9 heteroatoms. The number of aromatic nitrogens is 2. The van der Waals surface area contributed by atoms with E-state index in [2.05, 4.69) is 27.9 Å². The molecule has 1 aliphatic heterocycles. The molecular formula is C33H35ClN4O3S. The Hall–Kier alpha value is -3.59. The van der Waals surface area contributed by atoms with Crippen LogP contribution in [0.15, 0.2) is 99.6 Å². The number of carbonyl (C=O) groups is 1. The van der Waals surface area contributed by atoms with Crippen LogP contribution < -0.4 is 20.9 Å². The number of nitrogens with zero attached hydrogens (tertiary/aromatic N) is 2. The number of carbonyl (C=O) groups excluding carboxylic acids is 1. The van der Waals surface area contributed by atoms with Crippen molar-refractivity contribution in [1.29, 1.82) is 0 Å². The quantitative estimate of drug-likeness (QED) is 0.236. The predicted molar refractivity (Wildman–Crippen MR) is 168 cm³/mol. The molecule has 0 bridgehead atoms. The molecular weight excluding hydrogens is 568 g/mol. The molecule has 3 aromatic carbocycles. The van der Waals surface area contributed by atoms with E-state index in [1.807, 2.05) is 79.7 Å². The summed E-state index contributed by atoms with van der Waals surface area (Å²) >= 11 is 7.54. The SMILES string of the molecule is COc1ccc(-n2nc(Sc3ccc(Cl)cc3)cc(CC[C@H](C)NC(=O)[C@@H]3CNCC[C@@H]3c3ccccc3)c2=O)cc1. The van der Waals surface area contributed by atoms with Gasteiger partial charge in [0.05, 0.1) is 18.7 Å². The van der Waals surface area contributed by atoms with Crippen LogP contribution in [0.3, 0.4) is 0 Å². The van der Waals surface area contributed by atoms with Crippen molar-refractivity contribution < 1.29 is 9.53 Å². The molecule has 42 heavy (non-hydrogen) atoms. The molecule has 4 aromatic rings. The molecule has 5 rings (SSSR count). The maximum absolute atomic E-state index is 13.6. The van der Waals surface area contributed by atoms with E-state index in [9.17, 15) is 9.59 Å². The van der Waals surface area contributed by atoms with Gasteiger partial charge in [-0.3, -0.25) is 9.59 Å². The topological polar surface area (TPSA) is 85.2 Å². The summed E-state index contributed by atoms with van der Waals surface area (Å²) in [7, 11) is 1.60. The standard InChI is InChI=1S/C33H35ClN4O3S/c1-22(36-32(39)30-21-35-19-18-29(30)23-6-4-3-5-7-23)8-9-24-20-31(42-28-16-10-25(34)11-17-28)37-38(33(24)40)26-12-14-27(41-2)15-13-26/h3-7,10-17,20,22,29-30,35H,8-9,18-19,21H2,1-2H3,(H,36,39)/t22-,29+,30+/m0/s1. The monoisotopic (exact) mass is 602 g/mol. The number of halogens is 1. The van der Waals surface area contributed by atoms with E-state index in [0.29, 0.717) is 46.4 Å². The molecule has 0 unspecified atom stereocenters. The molecule has 0 aliphatic carbocycles. The zero-order valence-corrected chi connectivity index (χ0v) is 25.3. The highest BCUT2D eigenvalue weighted by molar-refractivity contribution is 7.99. The van der Waals surface area contributed by atoms with Crippen LogP contribution in [0, 0.1) is 5.92 Å². The van der Waals surface area contributed by atoms with Crippen molar-refractivity contribution in [2.45, 2.75) is 48.1 Å². The van der Waals surface area contributed by atoms with Crippen LogP contribution in [0.1, 0.15) is 36.8 Å². The van der Waals surface area contributed by atoms with Crippen molar-refractivity contribution in [1.82, 2.24) is 20.4 Å². The summed E-state index contributed by atoms with van der Waals surface area (Å²) < 4.78 is 6.72. The first-order valence-electron chi connectivity index (χ1n) is 14.2. The minimum absolute atomic E-state index is 0.0490. The lowest BCUT2D eigenvalue weighted by Gasteiger charge is -2.32. The molecule has 7 nitrogen and oxygen atoms in total. The van der Waals surface area contributed by atoms with Crippen LogP contribution in [-0.4, -0.2) is 41.9 Å². The summed E-state index contributed by atoms with van der Waals surface area (Å²) in [6, 6.07) is 26.8. The van der Waals surface area contributed by atoms with Gasteiger partial charge in [-0.05, 0) is 98.8 Å². The summed E-state index contributed by atoms with van der Waals surface area (Å²) in [6.45, 7) is 3.55. The summed E-state index contributed by atoms with van der Waals surface area (Å²) in [4.78, 5) is 28.0. The Kier molecular flexibility index (Phi) is 10.00. The molecule has 1 saturated heterocycles. The second-order valence-corrected chi connectivity index (χ2v) is 12.1. The molecule has 0 radical (unpaired) electrons. The summed E-state index contributed by atoms with van der Waals surface area (Å²) in [5.74, 6) is 0.794. The van der Waals surface area contributed by atoms with E-state index in [-0.39, 0.29) is 29.3 Å². The second kappa shape index (κ2) is 14.1. The van der Waals surface area contributed by atoms with Gasteiger partial charge in [0.1, 0.15) is 10.8 Å². The predicted octanol–water partition coefficient (Wildman–Crippen LogP) is 5.88. The average molecular weight is 603 g/mol. The fourth-order valence-electron chi connectivity index (χ4n) is 5.30.